The second kappa shape index (κ2) is 6.01. The SMILES string of the molecule is Cc1cc(Cl)c(C)c(S(=O)(=O)Nc2cnccc2Cl)c1Cl. The van der Waals surface area contributed by atoms with E-state index in [1.54, 1.807) is 19.9 Å². The van der Waals surface area contributed by atoms with Gasteiger partial charge in [0.15, 0.2) is 0 Å². The number of nitrogens with zero attached hydrogens (tertiary/aromatic N) is 1. The summed E-state index contributed by atoms with van der Waals surface area (Å²) in [5.74, 6) is 0. The zero-order chi connectivity index (χ0) is 15.8. The maximum atomic E-state index is 12.6. The lowest BCUT2D eigenvalue weighted by molar-refractivity contribution is 0.600. The molecule has 0 aliphatic carbocycles. The van der Waals surface area contributed by atoms with Gasteiger partial charge in [0.2, 0.25) is 0 Å². The minimum Gasteiger partial charge on any atom is -0.276 e. The second-order valence-corrected chi connectivity index (χ2v) is 7.22. The number of sulfonamides is 1. The molecule has 0 amide bonds. The van der Waals surface area contributed by atoms with Crippen LogP contribution in [0.3, 0.4) is 0 Å². The van der Waals surface area contributed by atoms with Gasteiger partial charge in [-0.05, 0) is 37.1 Å². The minimum absolute atomic E-state index is 0.0610. The van der Waals surface area contributed by atoms with Crippen LogP contribution in [0.2, 0.25) is 15.1 Å². The first kappa shape index (κ1) is 16.4. The highest BCUT2D eigenvalue weighted by Gasteiger charge is 2.24. The number of aromatic nitrogens is 1. The van der Waals surface area contributed by atoms with Crippen molar-refractivity contribution < 1.29 is 8.42 Å². The summed E-state index contributed by atoms with van der Waals surface area (Å²) in [4.78, 5) is 3.77. The largest absolute Gasteiger partial charge is 0.276 e. The lowest BCUT2D eigenvalue weighted by Gasteiger charge is -2.15. The number of aryl methyl sites for hydroxylation is 1. The van der Waals surface area contributed by atoms with Crippen LogP contribution in [0, 0.1) is 13.8 Å². The average molecular weight is 366 g/mol. The molecular weight excluding hydrogens is 355 g/mol. The molecule has 1 aromatic carbocycles. The van der Waals surface area contributed by atoms with E-state index in [9.17, 15) is 8.42 Å². The fourth-order valence-electron chi connectivity index (χ4n) is 1.78. The van der Waals surface area contributed by atoms with Crippen LogP contribution in [0.5, 0.6) is 0 Å². The van der Waals surface area contributed by atoms with Crippen LogP contribution in [0.15, 0.2) is 29.4 Å². The van der Waals surface area contributed by atoms with E-state index in [1.807, 2.05) is 0 Å². The summed E-state index contributed by atoms with van der Waals surface area (Å²) in [5.41, 5.74) is 1.12. The highest BCUT2D eigenvalue weighted by molar-refractivity contribution is 7.93. The molecule has 8 heteroatoms. The van der Waals surface area contributed by atoms with Crippen LogP contribution in [0.25, 0.3) is 0 Å². The Balaban J connectivity index is 2.58. The van der Waals surface area contributed by atoms with Crippen molar-refractivity contribution in [1.82, 2.24) is 4.98 Å². The van der Waals surface area contributed by atoms with Gasteiger partial charge in [-0.1, -0.05) is 34.8 Å². The lowest BCUT2D eigenvalue weighted by Crippen LogP contribution is -2.16. The number of halogens is 3. The molecule has 112 valence electrons. The van der Waals surface area contributed by atoms with Crippen molar-refractivity contribution in [2.24, 2.45) is 0 Å². The van der Waals surface area contributed by atoms with Crippen molar-refractivity contribution in [1.29, 1.82) is 0 Å². The van der Waals surface area contributed by atoms with Crippen molar-refractivity contribution in [3.05, 3.63) is 50.7 Å². The van der Waals surface area contributed by atoms with Gasteiger partial charge in [-0.15, -0.1) is 0 Å². The number of anilines is 1. The third kappa shape index (κ3) is 3.26. The summed E-state index contributed by atoms with van der Waals surface area (Å²) in [6.07, 6.45) is 2.78. The summed E-state index contributed by atoms with van der Waals surface area (Å²) in [7, 11) is -3.93. The minimum atomic E-state index is -3.93. The van der Waals surface area contributed by atoms with Crippen LogP contribution in [-0.2, 0) is 10.0 Å². The molecule has 0 fully saturated rings. The number of pyridine rings is 1. The van der Waals surface area contributed by atoms with Crippen LogP contribution in [0.1, 0.15) is 11.1 Å². The third-order valence-corrected chi connectivity index (χ3v) is 5.73. The Morgan fingerprint density at radius 3 is 2.43 bits per heavy atom. The molecule has 2 aromatic rings. The van der Waals surface area contributed by atoms with E-state index in [2.05, 4.69) is 9.71 Å². The molecule has 2 rings (SSSR count). The molecule has 0 radical (unpaired) electrons. The number of hydrogen-bond acceptors (Lipinski definition) is 3. The number of nitrogens with one attached hydrogen (secondary N) is 1. The zero-order valence-corrected chi connectivity index (χ0v) is 14.2. The van der Waals surface area contributed by atoms with E-state index in [0.29, 0.717) is 16.1 Å². The molecule has 0 aliphatic rings. The monoisotopic (exact) mass is 364 g/mol. The van der Waals surface area contributed by atoms with Crippen molar-refractivity contribution >= 4 is 50.5 Å². The molecule has 21 heavy (non-hydrogen) atoms. The number of benzene rings is 1. The Bertz CT molecular complexity index is 781. The van der Waals surface area contributed by atoms with E-state index in [0.717, 1.165) is 0 Å². The molecule has 0 saturated heterocycles. The molecule has 0 unspecified atom stereocenters. The first-order valence-corrected chi connectivity index (χ1v) is 8.43. The molecule has 1 N–H and O–H groups in total. The predicted molar refractivity (Wildman–Crippen MR) is 86.0 cm³/mol. The van der Waals surface area contributed by atoms with Gasteiger partial charge < -0.3 is 0 Å². The molecule has 0 aliphatic heterocycles. The van der Waals surface area contributed by atoms with E-state index in [4.69, 9.17) is 34.8 Å². The number of rotatable bonds is 3. The highest BCUT2D eigenvalue weighted by Crippen LogP contribution is 2.35. The van der Waals surface area contributed by atoms with Gasteiger partial charge in [0.05, 0.1) is 21.9 Å². The lowest BCUT2D eigenvalue weighted by atomic mass is 10.2. The molecule has 1 heterocycles. The van der Waals surface area contributed by atoms with Crippen molar-refractivity contribution in [3.8, 4) is 0 Å². The molecule has 1 aromatic heterocycles. The average Bonchev–Trinajstić information content (AvgIpc) is 2.39. The summed E-state index contributed by atoms with van der Waals surface area (Å²) >= 11 is 18.1. The van der Waals surface area contributed by atoms with Crippen LogP contribution >= 0.6 is 34.8 Å². The molecule has 0 saturated carbocycles. The van der Waals surface area contributed by atoms with Gasteiger partial charge in [0.25, 0.3) is 10.0 Å². The topological polar surface area (TPSA) is 59.1 Å². The summed E-state index contributed by atoms with van der Waals surface area (Å²) < 4.78 is 27.5. The Labute approximate surface area is 138 Å². The van der Waals surface area contributed by atoms with Gasteiger partial charge in [-0.2, -0.15) is 0 Å². The molecule has 0 spiro atoms. The Kier molecular flexibility index (Phi) is 4.68. The summed E-state index contributed by atoms with van der Waals surface area (Å²) in [5, 5.41) is 0.695. The fraction of sp³-hybridized carbons (Fsp3) is 0.154. The molecule has 0 bridgehead atoms. The first-order valence-electron chi connectivity index (χ1n) is 5.81. The fourth-order valence-corrected chi connectivity index (χ4v) is 4.27. The first-order chi connectivity index (χ1) is 9.74. The van der Waals surface area contributed by atoms with Gasteiger partial charge >= 0.3 is 0 Å². The Morgan fingerprint density at radius 2 is 1.81 bits per heavy atom. The van der Waals surface area contributed by atoms with Crippen LogP contribution < -0.4 is 4.72 Å². The normalized spacial score (nSPS) is 11.5. The maximum absolute atomic E-state index is 12.6. The van der Waals surface area contributed by atoms with Crippen molar-refractivity contribution in [3.63, 3.8) is 0 Å². The Hall–Kier alpha value is -1.01. The van der Waals surface area contributed by atoms with Gasteiger partial charge in [-0.25, -0.2) is 8.42 Å². The molecule has 0 atom stereocenters. The molecular formula is C13H11Cl3N2O2S. The van der Waals surface area contributed by atoms with Crippen molar-refractivity contribution in [2.45, 2.75) is 18.7 Å². The zero-order valence-electron chi connectivity index (χ0n) is 11.1. The number of hydrogen-bond donors (Lipinski definition) is 1. The second-order valence-electron chi connectivity index (χ2n) is 4.40. The Morgan fingerprint density at radius 1 is 1.14 bits per heavy atom. The quantitative estimate of drug-likeness (QED) is 0.873. The third-order valence-electron chi connectivity index (χ3n) is 2.87. The van der Waals surface area contributed by atoms with Crippen LogP contribution in [0.4, 0.5) is 5.69 Å². The highest BCUT2D eigenvalue weighted by atomic mass is 35.5. The summed E-state index contributed by atoms with van der Waals surface area (Å²) in [6.45, 7) is 3.27. The summed E-state index contributed by atoms with van der Waals surface area (Å²) in [6, 6.07) is 3.10. The van der Waals surface area contributed by atoms with E-state index in [1.165, 1.54) is 18.5 Å². The van der Waals surface area contributed by atoms with Crippen LogP contribution in [-0.4, -0.2) is 13.4 Å². The van der Waals surface area contributed by atoms with E-state index in [-0.39, 0.29) is 20.6 Å². The maximum Gasteiger partial charge on any atom is 0.263 e. The van der Waals surface area contributed by atoms with Gasteiger partial charge in [-0.3, -0.25) is 9.71 Å². The smallest absolute Gasteiger partial charge is 0.263 e. The van der Waals surface area contributed by atoms with E-state index >= 15 is 0 Å². The van der Waals surface area contributed by atoms with Gasteiger partial charge in [0, 0.05) is 11.2 Å². The van der Waals surface area contributed by atoms with Gasteiger partial charge in [0.1, 0.15) is 4.90 Å². The molecule has 4 nitrogen and oxygen atoms in total. The predicted octanol–water partition coefficient (Wildman–Crippen LogP) is 4.46. The van der Waals surface area contributed by atoms with Crippen molar-refractivity contribution in [2.75, 3.05) is 4.72 Å². The standard InChI is InChI=1S/C13H11Cl3N2O2S/c1-7-5-10(15)8(2)13(12(7)16)21(19,20)18-11-6-17-4-3-9(11)14/h3-6,18H,1-2H3. The van der Waals surface area contributed by atoms with E-state index < -0.39 is 10.0 Å².